The zero-order chi connectivity index (χ0) is 13.0. The molecule has 3 unspecified atom stereocenters. The quantitative estimate of drug-likeness (QED) is 0.797. The van der Waals surface area contributed by atoms with Crippen LogP contribution < -0.4 is 5.32 Å². The summed E-state index contributed by atoms with van der Waals surface area (Å²) in [5.74, 6) is 1.76. The van der Waals surface area contributed by atoms with E-state index >= 15 is 0 Å². The Morgan fingerprint density at radius 3 is 2.39 bits per heavy atom. The summed E-state index contributed by atoms with van der Waals surface area (Å²) in [7, 11) is 0. The van der Waals surface area contributed by atoms with Gasteiger partial charge in [-0.1, -0.05) is 39.3 Å². The number of rotatable bonds is 4. The van der Waals surface area contributed by atoms with E-state index in [-0.39, 0.29) is 0 Å². The fourth-order valence-corrected chi connectivity index (χ4v) is 2.97. The molecule has 0 aromatic heterocycles. The Hall–Kier alpha value is -0.980. The zero-order valence-electron chi connectivity index (χ0n) is 12.1. The summed E-state index contributed by atoms with van der Waals surface area (Å²) in [5, 5.41) is 3.70. The summed E-state index contributed by atoms with van der Waals surface area (Å²) in [4.78, 5) is 0. The lowest BCUT2D eigenvalue weighted by Gasteiger charge is -2.33. The summed E-state index contributed by atoms with van der Waals surface area (Å²) >= 11 is 0. The Morgan fingerprint density at radius 2 is 1.78 bits per heavy atom. The van der Waals surface area contributed by atoms with E-state index in [0.717, 1.165) is 11.8 Å². The Morgan fingerprint density at radius 1 is 1.06 bits per heavy atom. The van der Waals surface area contributed by atoms with Crippen LogP contribution in [-0.4, -0.2) is 6.04 Å². The summed E-state index contributed by atoms with van der Waals surface area (Å²) in [5.41, 5.74) is 2.75. The highest BCUT2D eigenvalue weighted by Gasteiger charge is 2.24. The highest BCUT2D eigenvalue weighted by atomic mass is 14.9. The topological polar surface area (TPSA) is 12.0 Å². The predicted molar refractivity (Wildman–Crippen MR) is 80.0 cm³/mol. The van der Waals surface area contributed by atoms with Crippen LogP contribution >= 0.6 is 0 Å². The lowest BCUT2D eigenvalue weighted by Crippen LogP contribution is -2.30. The Balaban J connectivity index is 1.89. The van der Waals surface area contributed by atoms with E-state index in [9.17, 15) is 0 Å². The molecule has 0 spiro atoms. The largest absolute Gasteiger partial charge is 0.382 e. The van der Waals surface area contributed by atoms with Crippen LogP contribution in [0.4, 0.5) is 5.69 Å². The van der Waals surface area contributed by atoms with Gasteiger partial charge in [-0.15, -0.1) is 0 Å². The van der Waals surface area contributed by atoms with Crippen molar-refractivity contribution in [1.29, 1.82) is 0 Å². The van der Waals surface area contributed by atoms with Gasteiger partial charge < -0.3 is 5.32 Å². The third-order valence-corrected chi connectivity index (χ3v) is 4.46. The van der Waals surface area contributed by atoms with Crippen molar-refractivity contribution in [3.63, 3.8) is 0 Å². The molecule has 1 heteroatoms. The van der Waals surface area contributed by atoms with Crippen molar-refractivity contribution in [2.75, 3.05) is 5.32 Å². The van der Waals surface area contributed by atoms with Crippen LogP contribution in [0, 0.1) is 11.8 Å². The minimum Gasteiger partial charge on any atom is -0.382 e. The van der Waals surface area contributed by atoms with Gasteiger partial charge in [0, 0.05) is 11.7 Å². The molecule has 2 rings (SSSR count). The smallest absolute Gasteiger partial charge is 0.0342 e. The highest BCUT2D eigenvalue weighted by molar-refractivity contribution is 5.45. The SMILES string of the molecule is CCCc1ccc(NC2CCC(C)C(C)C2)cc1. The molecule has 0 radical (unpaired) electrons. The lowest BCUT2D eigenvalue weighted by atomic mass is 9.79. The summed E-state index contributed by atoms with van der Waals surface area (Å²) in [6.45, 7) is 7.01. The van der Waals surface area contributed by atoms with Crippen molar-refractivity contribution in [3.8, 4) is 0 Å². The van der Waals surface area contributed by atoms with Gasteiger partial charge in [0.05, 0.1) is 0 Å². The van der Waals surface area contributed by atoms with Gasteiger partial charge in [0.1, 0.15) is 0 Å². The van der Waals surface area contributed by atoms with Gasteiger partial charge in [0.15, 0.2) is 0 Å². The third-order valence-electron chi connectivity index (χ3n) is 4.46. The molecule has 1 nitrogen and oxygen atoms in total. The van der Waals surface area contributed by atoms with Gasteiger partial charge in [-0.05, 0) is 55.2 Å². The first-order valence-electron chi connectivity index (χ1n) is 7.54. The van der Waals surface area contributed by atoms with E-state index in [0.29, 0.717) is 6.04 Å². The second-order valence-electron chi connectivity index (χ2n) is 6.06. The maximum Gasteiger partial charge on any atom is 0.0342 e. The van der Waals surface area contributed by atoms with Crippen molar-refractivity contribution in [2.24, 2.45) is 11.8 Å². The lowest BCUT2D eigenvalue weighted by molar-refractivity contribution is 0.261. The second kappa shape index (κ2) is 6.26. The summed E-state index contributed by atoms with van der Waals surface area (Å²) < 4.78 is 0. The van der Waals surface area contributed by atoms with Gasteiger partial charge in [0.2, 0.25) is 0 Å². The van der Waals surface area contributed by atoms with Crippen LogP contribution in [0.3, 0.4) is 0 Å². The van der Waals surface area contributed by atoms with E-state index in [4.69, 9.17) is 0 Å². The Bertz CT molecular complexity index is 354. The van der Waals surface area contributed by atoms with E-state index < -0.39 is 0 Å². The molecule has 0 bridgehead atoms. The molecular formula is C17H27N. The van der Waals surface area contributed by atoms with Crippen molar-refractivity contribution < 1.29 is 0 Å². The standard InChI is InChI=1S/C17H27N/c1-4-5-15-7-10-16(11-8-15)18-17-9-6-13(2)14(3)12-17/h7-8,10-11,13-14,17-18H,4-6,9,12H2,1-3H3. The fourth-order valence-electron chi connectivity index (χ4n) is 2.97. The van der Waals surface area contributed by atoms with Crippen molar-refractivity contribution in [3.05, 3.63) is 29.8 Å². The van der Waals surface area contributed by atoms with Crippen LogP contribution in [0.15, 0.2) is 24.3 Å². The molecule has 0 saturated heterocycles. The van der Waals surface area contributed by atoms with Crippen LogP contribution in [-0.2, 0) is 6.42 Å². The molecule has 1 aromatic rings. The van der Waals surface area contributed by atoms with Crippen molar-refractivity contribution in [2.45, 2.75) is 58.9 Å². The minimum absolute atomic E-state index is 0.674. The van der Waals surface area contributed by atoms with Gasteiger partial charge >= 0.3 is 0 Å². The molecule has 100 valence electrons. The molecule has 3 atom stereocenters. The van der Waals surface area contributed by atoms with Gasteiger partial charge in [0.25, 0.3) is 0 Å². The first-order chi connectivity index (χ1) is 8.69. The normalized spacial score (nSPS) is 28.1. The predicted octanol–water partition coefficient (Wildman–Crippen LogP) is 4.88. The first-order valence-corrected chi connectivity index (χ1v) is 7.54. The molecular weight excluding hydrogens is 218 g/mol. The van der Waals surface area contributed by atoms with Crippen LogP contribution in [0.2, 0.25) is 0 Å². The Labute approximate surface area is 112 Å². The van der Waals surface area contributed by atoms with E-state index in [1.165, 1.54) is 43.4 Å². The molecule has 1 fully saturated rings. The number of aryl methyl sites for hydroxylation is 1. The van der Waals surface area contributed by atoms with Crippen molar-refractivity contribution >= 4 is 5.69 Å². The highest BCUT2D eigenvalue weighted by Crippen LogP contribution is 2.31. The first kappa shape index (κ1) is 13.5. The molecule has 1 aromatic carbocycles. The average Bonchev–Trinajstić information content (AvgIpc) is 2.37. The minimum atomic E-state index is 0.674. The number of anilines is 1. The van der Waals surface area contributed by atoms with Gasteiger partial charge in [-0.25, -0.2) is 0 Å². The van der Waals surface area contributed by atoms with Gasteiger partial charge in [-0.2, -0.15) is 0 Å². The molecule has 18 heavy (non-hydrogen) atoms. The molecule has 0 aliphatic heterocycles. The summed E-state index contributed by atoms with van der Waals surface area (Å²) in [6, 6.07) is 9.69. The number of benzene rings is 1. The van der Waals surface area contributed by atoms with Crippen LogP contribution in [0.5, 0.6) is 0 Å². The zero-order valence-corrected chi connectivity index (χ0v) is 12.1. The summed E-state index contributed by atoms with van der Waals surface area (Å²) in [6.07, 6.45) is 6.43. The van der Waals surface area contributed by atoms with Crippen LogP contribution in [0.1, 0.15) is 52.0 Å². The second-order valence-corrected chi connectivity index (χ2v) is 6.06. The molecule has 1 saturated carbocycles. The van der Waals surface area contributed by atoms with E-state index in [1.807, 2.05) is 0 Å². The molecule has 1 aliphatic rings. The Kier molecular flexibility index (Phi) is 4.68. The van der Waals surface area contributed by atoms with E-state index in [1.54, 1.807) is 0 Å². The maximum absolute atomic E-state index is 3.70. The van der Waals surface area contributed by atoms with Crippen molar-refractivity contribution in [1.82, 2.24) is 0 Å². The molecule has 1 N–H and O–H groups in total. The third kappa shape index (κ3) is 3.51. The maximum atomic E-state index is 3.70. The molecule has 0 heterocycles. The van der Waals surface area contributed by atoms with Crippen LogP contribution in [0.25, 0.3) is 0 Å². The fraction of sp³-hybridized carbons (Fsp3) is 0.647. The molecule has 0 amide bonds. The van der Waals surface area contributed by atoms with Gasteiger partial charge in [-0.3, -0.25) is 0 Å². The monoisotopic (exact) mass is 245 g/mol. The number of hydrogen-bond donors (Lipinski definition) is 1. The number of nitrogens with one attached hydrogen (secondary N) is 1. The molecule has 1 aliphatic carbocycles. The average molecular weight is 245 g/mol. The number of hydrogen-bond acceptors (Lipinski definition) is 1. The van der Waals surface area contributed by atoms with E-state index in [2.05, 4.69) is 50.4 Å².